The highest BCUT2D eigenvalue weighted by molar-refractivity contribution is 7.92. The second-order valence-electron chi connectivity index (χ2n) is 7.05. The summed E-state index contributed by atoms with van der Waals surface area (Å²) in [6, 6.07) is 14.3. The van der Waals surface area contributed by atoms with E-state index < -0.39 is 34.2 Å². The van der Waals surface area contributed by atoms with Crippen molar-refractivity contribution in [3.63, 3.8) is 0 Å². The number of alkyl halides is 3. The molecule has 0 aromatic heterocycles. The fourth-order valence-electron chi connectivity index (χ4n) is 2.95. The third-order valence-electron chi connectivity index (χ3n) is 4.55. The standard InChI is InChI=1S/C22H17Cl2F3N2O3S/c1-14-3-2-4-17(11-14)29(33(31,32)18-8-6-16(23)7-9-18)13-21(30)28-20-12-15(22(25,26)27)5-10-19(20)24/h2-12H,13H2,1H3,(H,28,30). The number of halogens is 5. The lowest BCUT2D eigenvalue weighted by atomic mass is 10.2. The van der Waals surface area contributed by atoms with Crippen molar-refractivity contribution in [1.82, 2.24) is 0 Å². The maximum atomic E-state index is 13.3. The molecule has 33 heavy (non-hydrogen) atoms. The van der Waals surface area contributed by atoms with Crippen molar-refractivity contribution in [2.75, 3.05) is 16.2 Å². The summed E-state index contributed by atoms with van der Waals surface area (Å²) >= 11 is 11.8. The molecule has 3 rings (SSSR count). The number of benzene rings is 3. The highest BCUT2D eigenvalue weighted by Gasteiger charge is 2.32. The second-order valence-corrected chi connectivity index (χ2v) is 9.75. The van der Waals surface area contributed by atoms with Crippen LogP contribution in [0.4, 0.5) is 24.5 Å². The summed E-state index contributed by atoms with van der Waals surface area (Å²) in [5, 5.41) is 2.47. The van der Waals surface area contributed by atoms with Crippen molar-refractivity contribution in [1.29, 1.82) is 0 Å². The Morgan fingerprint density at radius 3 is 2.27 bits per heavy atom. The van der Waals surface area contributed by atoms with Gasteiger partial charge >= 0.3 is 6.18 Å². The number of nitrogens with zero attached hydrogens (tertiary/aromatic N) is 1. The molecule has 1 amide bonds. The zero-order valence-electron chi connectivity index (χ0n) is 17.0. The van der Waals surface area contributed by atoms with E-state index in [0.717, 1.165) is 22.0 Å². The lowest BCUT2D eigenvalue weighted by Gasteiger charge is -2.24. The van der Waals surface area contributed by atoms with Crippen LogP contribution in [0, 0.1) is 6.92 Å². The number of amides is 1. The largest absolute Gasteiger partial charge is 0.416 e. The molecule has 11 heteroatoms. The van der Waals surface area contributed by atoms with Crippen molar-refractivity contribution in [2.45, 2.75) is 18.0 Å². The summed E-state index contributed by atoms with van der Waals surface area (Å²) in [6.45, 7) is 1.04. The summed E-state index contributed by atoms with van der Waals surface area (Å²) in [6.07, 6.45) is -4.64. The minimum absolute atomic E-state index is 0.113. The number of hydrogen-bond acceptors (Lipinski definition) is 3. The first kappa shape index (κ1) is 24.9. The van der Waals surface area contributed by atoms with Gasteiger partial charge in [0, 0.05) is 5.02 Å². The normalized spacial score (nSPS) is 11.8. The van der Waals surface area contributed by atoms with Gasteiger partial charge in [-0.2, -0.15) is 13.2 Å². The predicted octanol–water partition coefficient (Wildman–Crippen LogP) is 6.15. The van der Waals surface area contributed by atoms with Crippen molar-refractivity contribution < 1.29 is 26.4 Å². The number of carbonyl (C=O) groups is 1. The van der Waals surface area contributed by atoms with Crippen LogP contribution in [0.2, 0.25) is 10.0 Å². The van der Waals surface area contributed by atoms with Crippen LogP contribution in [-0.2, 0) is 21.0 Å². The van der Waals surface area contributed by atoms with E-state index in [1.54, 1.807) is 25.1 Å². The minimum Gasteiger partial charge on any atom is -0.323 e. The minimum atomic E-state index is -4.64. The predicted molar refractivity (Wildman–Crippen MR) is 122 cm³/mol. The zero-order valence-corrected chi connectivity index (χ0v) is 19.4. The van der Waals surface area contributed by atoms with Gasteiger partial charge in [0.05, 0.1) is 26.9 Å². The van der Waals surface area contributed by atoms with Crippen LogP contribution in [0.15, 0.2) is 71.6 Å². The Balaban J connectivity index is 1.96. The van der Waals surface area contributed by atoms with Crippen LogP contribution in [0.3, 0.4) is 0 Å². The molecule has 0 atom stereocenters. The number of anilines is 2. The molecule has 0 radical (unpaired) electrons. The number of hydrogen-bond donors (Lipinski definition) is 1. The fourth-order valence-corrected chi connectivity index (χ4v) is 4.65. The third-order valence-corrected chi connectivity index (χ3v) is 6.92. The molecule has 0 spiro atoms. The Morgan fingerprint density at radius 2 is 1.67 bits per heavy atom. The van der Waals surface area contributed by atoms with Gasteiger partial charge in [0.2, 0.25) is 5.91 Å². The number of aryl methyl sites for hydroxylation is 1. The number of carbonyl (C=O) groups excluding carboxylic acids is 1. The summed E-state index contributed by atoms with van der Waals surface area (Å²) in [4.78, 5) is 12.6. The first-order chi connectivity index (χ1) is 15.4. The first-order valence-electron chi connectivity index (χ1n) is 9.39. The van der Waals surface area contributed by atoms with Gasteiger partial charge in [0.15, 0.2) is 0 Å². The lowest BCUT2D eigenvalue weighted by molar-refractivity contribution is -0.137. The molecule has 0 fully saturated rings. The molecular formula is C22H17Cl2F3N2O3S. The first-order valence-corrected chi connectivity index (χ1v) is 11.6. The van der Waals surface area contributed by atoms with Crippen LogP contribution in [0.5, 0.6) is 0 Å². The SMILES string of the molecule is Cc1cccc(N(CC(=O)Nc2cc(C(F)(F)F)ccc2Cl)S(=O)(=O)c2ccc(Cl)cc2)c1. The molecule has 0 unspecified atom stereocenters. The molecule has 0 aliphatic carbocycles. The fraction of sp³-hybridized carbons (Fsp3) is 0.136. The molecule has 0 saturated heterocycles. The third kappa shape index (κ3) is 5.98. The van der Waals surface area contributed by atoms with E-state index in [9.17, 15) is 26.4 Å². The Bertz CT molecular complexity index is 1280. The summed E-state index contributed by atoms with van der Waals surface area (Å²) < 4.78 is 66.6. The van der Waals surface area contributed by atoms with Gasteiger partial charge in [-0.1, -0.05) is 35.3 Å². The zero-order chi connectivity index (χ0) is 24.4. The van der Waals surface area contributed by atoms with Gasteiger partial charge in [0.1, 0.15) is 6.54 Å². The van der Waals surface area contributed by atoms with Gasteiger partial charge in [-0.05, 0) is 67.1 Å². The van der Waals surface area contributed by atoms with Gasteiger partial charge in [-0.25, -0.2) is 8.42 Å². The van der Waals surface area contributed by atoms with Crippen molar-refractivity contribution >= 4 is 50.5 Å². The average Bonchev–Trinajstić information content (AvgIpc) is 2.73. The monoisotopic (exact) mass is 516 g/mol. The van der Waals surface area contributed by atoms with Crippen LogP contribution in [0.25, 0.3) is 0 Å². The molecule has 174 valence electrons. The van der Waals surface area contributed by atoms with E-state index in [4.69, 9.17) is 23.2 Å². The van der Waals surface area contributed by atoms with Crippen LogP contribution >= 0.6 is 23.2 Å². The number of rotatable bonds is 6. The van der Waals surface area contributed by atoms with Gasteiger partial charge < -0.3 is 5.32 Å². The lowest BCUT2D eigenvalue weighted by Crippen LogP contribution is -2.38. The molecule has 3 aromatic carbocycles. The van der Waals surface area contributed by atoms with Crippen LogP contribution < -0.4 is 9.62 Å². The topological polar surface area (TPSA) is 66.5 Å². The Hall–Kier alpha value is -2.75. The Kier molecular flexibility index (Phi) is 7.26. The maximum Gasteiger partial charge on any atom is 0.416 e. The Labute approximate surface area is 198 Å². The molecule has 0 aliphatic heterocycles. The van der Waals surface area contributed by atoms with E-state index in [0.29, 0.717) is 11.1 Å². The molecule has 0 aliphatic rings. The van der Waals surface area contributed by atoms with E-state index in [1.165, 1.54) is 30.3 Å². The molecule has 1 N–H and O–H groups in total. The molecule has 5 nitrogen and oxygen atoms in total. The highest BCUT2D eigenvalue weighted by atomic mass is 35.5. The van der Waals surface area contributed by atoms with Crippen LogP contribution in [0.1, 0.15) is 11.1 Å². The van der Waals surface area contributed by atoms with E-state index in [2.05, 4.69) is 5.32 Å². The smallest absolute Gasteiger partial charge is 0.323 e. The van der Waals surface area contributed by atoms with Crippen molar-refractivity contribution in [3.05, 3.63) is 87.9 Å². The van der Waals surface area contributed by atoms with Gasteiger partial charge in [-0.3, -0.25) is 9.10 Å². The van der Waals surface area contributed by atoms with Gasteiger partial charge in [-0.15, -0.1) is 0 Å². The molecule has 3 aromatic rings. The molecule has 0 bridgehead atoms. The summed E-state index contributed by atoms with van der Waals surface area (Å²) in [5.74, 6) is -0.879. The van der Waals surface area contributed by atoms with Crippen molar-refractivity contribution in [3.8, 4) is 0 Å². The summed E-state index contributed by atoms with van der Waals surface area (Å²) in [7, 11) is -4.22. The summed E-state index contributed by atoms with van der Waals surface area (Å²) in [5.41, 5.74) is -0.350. The second kappa shape index (κ2) is 9.62. The Morgan fingerprint density at radius 1 is 1.00 bits per heavy atom. The van der Waals surface area contributed by atoms with E-state index >= 15 is 0 Å². The quantitative estimate of drug-likeness (QED) is 0.426. The highest BCUT2D eigenvalue weighted by Crippen LogP contribution is 2.34. The van der Waals surface area contributed by atoms with E-state index in [1.807, 2.05) is 0 Å². The molecule has 0 heterocycles. The van der Waals surface area contributed by atoms with Crippen molar-refractivity contribution in [2.24, 2.45) is 0 Å². The maximum absolute atomic E-state index is 13.3. The molecular weight excluding hydrogens is 500 g/mol. The van der Waals surface area contributed by atoms with Gasteiger partial charge in [0.25, 0.3) is 10.0 Å². The number of sulfonamides is 1. The molecule has 0 saturated carbocycles. The van der Waals surface area contributed by atoms with Crippen LogP contribution in [-0.4, -0.2) is 20.9 Å². The number of nitrogens with one attached hydrogen (secondary N) is 1. The van der Waals surface area contributed by atoms with E-state index in [-0.39, 0.29) is 21.3 Å². The average molecular weight is 517 g/mol.